The summed E-state index contributed by atoms with van der Waals surface area (Å²) in [6.07, 6.45) is 13.2. The van der Waals surface area contributed by atoms with E-state index in [9.17, 15) is 0 Å². The average molecular weight is 391 g/mol. The Labute approximate surface area is 107 Å². The van der Waals surface area contributed by atoms with Gasteiger partial charge in [-0.2, -0.15) is 0 Å². The maximum atomic E-state index is 2.39. The first kappa shape index (κ1) is 14.9. The molecule has 0 spiro atoms. The van der Waals surface area contributed by atoms with Gasteiger partial charge in [-0.15, -0.1) is 0 Å². The molecule has 0 amide bonds. The van der Waals surface area contributed by atoms with Crippen molar-refractivity contribution < 1.29 is 24.6 Å². The van der Waals surface area contributed by atoms with Gasteiger partial charge >= 0.3 is 108 Å². The molecule has 0 radical (unpaired) electrons. The van der Waals surface area contributed by atoms with Gasteiger partial charge < -0.3 is 0 Å². The van der Waals surface area contributed by atoms with Crippen LogP contribution in [0.15, 0.2) is 43.6 Å². The maximum absolute atomic E-state index is 2.39. The molecule has 0 unspecified atom stereocenters. The van der Waals surface area contributed by atoms with Gasteiger partial charge in [0.25, 0.3) is 0 Å². The summed E-state index contributed by atoms with van der Waals surface area (Å²) in [6.45, 7) is 8.80. The zero-order chi connectivity index (χ0) is 11.5. The molecule has 0 N–H and O–H groups in total. The van der Waals surface area contributed by atoms with Crippen LogP contribution in [0.4, 0.5) is 0 Å². The Morgan fingerprint density at radius 1 is 0.667 bits per heavy atom. The van der Waals surface area contributed by atoms with Gasteiger partial charge in [0.15, 0.2) is 0 Å². The molecule has 0 aliphatic rings. The van der Waals surface area contributed by atoms with Gasteiger partial charge in [0, 0.05) is 0 Å². The van der Waals surface area contributed by atoms with Crippen LogP contribution in [0.1, 0.15) is 27.7 Å². The van der Waals surface area contributed by atoms with E-state index in [1.807, 2.05) is 0 Å². The summed E-state index contributed by atoms with van der Waals surface area (Å²) < 4.78 is 4.77. The van der Waals surface area contributed by atoms with Crippen LogP contribution in [0.3, 0.4) is 0 Å². The van der Waals surface area contributed by atoms with Gasteiger partial charge in [-0.25, -0.2) is 0 Å². The van der Waals surface area contributed by atoms with Crippen molar-refractivity contribution in [2.75, 3.05) is 0 Å². The van der Waals surface area contributed by atoms with E-state index in [4.69, 9.17) is 0 Å². The summed E-state index contributed by atoms with van der Waals surface area (Å²) in [5.74, 6) is 1.33. The van der Waals surface area contributed by atoms with E-state index in [1.165, 1.54) is 0 Å². The van der Waals surface area contributed by atoms with Crippen molar-refractivity contribution in [2.45, 2.75) is 27.7 Å². The van der Waals surface area contributed by atoms with E-state index in [1.54, 1.807) is 0 Å². The van der Waals surface area contributed by atoms with Crippen molar-refractivity contribution in [1.29, 1.82) is 0 Å². The topological polar surface area (TPSA) is 0 Å². The summed E-state index contributed by atoms with van der Waals surface area (Å²) in [5.41, 5.74) is 0. The molecular formula is C14H22Hg. The van der Waals surface area contributed by atoms with Crippen LogP contribution in [-0.2, 0) is 24.6 Å². The third kappa shape index (κ3) is 13.9. The third-order valence-electron chi connectivity index (χ3n) is 1.76. The number of rotatable bonds is 6. The SMILES string of the molecule is CC(C)/C=C/C=[CH]/[Hg]/[CH]=C/C=C/C(C)C. The normalized spacial score (nSPS) is 13.2. The second-order valence-electron chi connectivity index (χ2n) is 4.35. The van der Waals surface area contributed by atoms with Crippen LogP contribution in [-0.4, -0.2) is 0 Å². The van der Waals surface area contributed by atoms with Gasteiger partial charge in [0.2, 0.25) is 0 Å². The molecule has 0 aromatic heterocycles. The van der Waals surface area contributed by atoms with E-state index in [-0.39, 0.29) is 0 Å². The van der Waals surface area contributed by atoms with Crippen molar-refractivity contribution in [3.05, 3.63) is 43.6 Å². The fourth-order valence-corrected chi connectivity index (χ4v) is 4.02. The monoisotopic (exact) mass is 392 g/mol. The Kier molecular flexibility index (Phi) is 10.3. The molecule has 0 rings (SSSR count). The minimum absolute atomic E-state index is 0.663. The Bertz CT molecular complexity index is 216. The zero-order valence-electron chi connectivity index (χ0n) is 10.5. The van der Waals surface area contributed by atoms with Crippen molar-refractivity contribution >= 4 is 0 Å². The molecule has 0 fully saturated rings. The second kappa shape index (κ2) is 10.4. The quantitative estimate of drug-likeness (QED) is 0.462. The molecule has 0 aliphatic carbocycles. The van der Waals surface area contributed by atoms with Crippen LogP contribution in [0.25, 0.3) is 0 Å². The summed E-state index contributed by atoms with van der Waals surface area (Å²) in [6, 6.07) is 0. The summed E-state index contributed by atoms with van der Waals surface area (Å²) in [5, 5.41) is 0. The zero-order valence-corrected chi connectivity index (χ0v) is 16.0. The Morgan fingerprint density at radius 3 is 1.40 bits per heavy atom. The van der Waals surface area contributed by atoms with Crippen molar-refractivity contribution in [3.8, 4) is 0 Å². The number of hydrogen-bond donors (Lipinski definition) is 0. The van der Waals surface area contributed by atoms with Gasteiger partial charge in [-0.3, -0.25) is 0 Å². The minimum atomic E-state index is -0.830. The van der Waals surface area contributed by atoms with Crippen LogP contribution in [0, 0.1) is 11.8 Å². The molecule has 0 aliphatic heterocycles. The van der Waals surface area contributed by atoms with E-state index in [0.29, 0.717) is 11.8 Å². The van der Waals surface area contributed by atoms with E-state index >= 15 is 0 Å². The van der Waals surface area contributed by atoms with Crippen LogP contribution in [0.2, 0.25) is 0 Å². The van der Waals surface area contributed by atoms with Gasteiger partial charge in [0.05, 0.1) is 0 Å². The third-order valence-corrected chi connectivity index (χ3v) is 5.99. The number of hydrogen-bond acceptors (Lipinski definition) is 0. The van der Waals surface area contributed by atoms with Gasteiger partial charge in [-0.1, -0.05) is 0 Å². The molecule has 0 saturated carbocycles. The molecule has 0 saturated heterocycles. The molecule has 0 bridgehead atoms. The number of allylic oxidation sites excluding steroid dienone is 6. The second-order valence-corrected chi connectivity index (χ2v) is 9.85. The predicted octanol–water partition coefficient (Wildman–Crippen LogP) is 4.52. The Balaban J connectivity index is 3.61. The molecule has 0 aromatic carbocycles. The summed E-state index contributed by atoms with van der Waals surface area (Å²) >= 11 is -0.830. The molecule has 80 valence electrons. The standard InChI is InChI=1S/2C7H11.Hg/c2*1-4-5-6-7(2)3;/h2*1,4-7H,2-3H3;/b2*4-1?,6-5+;. The predicted molar refractivity (Wildman–Crippen MR) is 66.2 cm³/mol. The van der Waals surface area contributed by atoms with Gasteiger partial charge in [0.1, 0.15) is 0 Å². The Morgan fingerprint density at radius 2 is 1.07 bits per heavy atom. The van der Waals surface area contributed by atoms with Crippen LogP contribution < -0.4 is 0 Å². The Hall–Kier alpha value is -0.105. The van der Waals surface area contributed by atoms with Crippen molar-refractivity contribution in [2.24, 2.45) is 11.8 Å². The van der Waals surface area contributed by atoms with Crippen LogP contribution >= 0.6 is 0 Å². The first-order valence-electron chi connectivity index (χ1n) is 5.79. The van der Waals surface area contributed by atoms with E-state index in [2.05, 4.69) is 71.3 Å². The summed E-state index contributed by atoms with van der Waals surface area (Å²) in [4.78, 5) is 0. The first-order valence-corrected chi connectivity index (χ1v) is 12.1. The molecule has 1 heteroatoms. The average Bonchev–Trinajstić information content (AvgIpc) is 2.14. The fourth-order valence-electron chi connectivity index (χ4n) is 0.966. The van der Waals surface area contributed by atoms with Crippen LogP contribution in [0.5, 0.6) is 0 Å². The molecule has 15 heavy (non-hydrogen) atoms. The van der Waals surface area contributed by atoms with Crippen molar-refractivity contribution in [1.82, 2.24) is 0 Å². The molecule has 0 heterocycles. The fraction of sp³-hybridized carbons (Fsp3) is 0.429. The molecule has 0 atom stereocenters. The van der Waals surface area contributed by atoms with E-state index < -0.39 is 24.6 Å². The molecular weight excluding hydrogens is 369 g/mol. The van der Waals surface area contributed by atoms with E-state index in [0.717, 1.165) is 0 Å². The molecule has 0 nitrogen and oxygen atoms in total. The summed E-state index contributed by atoms with van der Waals surface area (Å²) in [7, 11) is 0. The van der Waals surface area contributed by atoms with Gasteiger partial charge in [-0.05, 0) is 0 Å². The molecule has 0 aromatic rings. The van der Waals surface area contributed by atoms with Crippen molar-refractivity contribution in [3.63, 3.8) is 0 Å². The first-order chi connectivity index (χ1) is 7.13.